The van der Waals surface area contributed by atoms with Gasteiger partial charge in [0.15, 0.2) is 0 Å². The van der Waals surface area contributed by atoms with E-state index in [1.807, 2.05) is 67.6 Å². The number of hydrogen-bond acceptors (Lipinski definition) is 8. The van der Waals surface area contributed by atoms with Crippen LogP contribution >= 0.6 is 11.8 Å². The molecule has 1 amide bonds. The van der Waals surface area contributed by atoms with E-state index < -0.39 is 0 Å². The zero-order valence-electron chi connectivity index (χ0n) is 18.7. The Morgan fingerprint density at radius 1 is 1.12 bits per heavy atom. The van der Waals surface area contributed by atoms with Crippen LogP contribution in [-0.4, -0.2) is 39.7 Å². The molecule has 1 unspecified atom stereocenters. The van der Waals surface area contributed by atoms with Gasteiger partial charge in [0, 0.05) is 6.42 Å². The average Bonchev–Trinajstić information content (AvgIpc) is 3.63. The number of furan rings is 1. The van der Waals surface area contributed by atoms with Gasteiger partial charge in [0.1, 0.15) is 17.6 Å². The lowest BCUT2D eigenvalue weighted by atomic mass is 10.0. The van der Waals surface area contributed by atoms with Crippen molar-refractivity contribution >= 4 is 23.4 Å². The second-order valence-corrected chi connectivity index (χ2v) is 8.68. The van der Waals surface area contributed by atoms with Gasteiger partial charge in [0.05, 0.1) is 30.4 Å². The average molecular weight is 475 g/mol. The topological polar surface area (TPSA) is 94.0 Å². The van der Waals surface area contributed by atoms with Gasteiger partial charge >= 0.3 is 0 Å². The zero-order chi connectivity index (χ0) is 23.5. The zero-order valence-corrected chi connectivity index (χ0v) is 19.5. The highest BCUT2D eigenvalue weighted by atomic mass is 32.2. The smallest absolute Gasteiger partial charge is 0.277 e. The molecule has 5 rings (SSSR count). The lowest BCUT2D eigenvalue weighted by Crippen LogP contribution is -2.28. The molecule has 1 aliphatic rings. The molecule has 3 heterocycles. The van der Waals surface area contributed by atoms with Crippen LogP contribution in [0.4, 0.5) is 0 Å². The molecule has 1 atom stereocenters. The number of thioether (sulfide) groups is 1. The van der Waals surface area contributed by atoms with E-state index in [0.29, 0.717) is 34.6 Å². The number of rotatable bonds is 7. The summed E-state index contributed by atoms with van der Waals surface area (Å²) in [5.41, 5.74) is 3.70. The van der Waals surface area contributed by atoms with Crippen molar-refractivity contribution in [1.29, 1.82) is 0 Å². The van der Waals surface area contributed by atoms with Crippen LogP contribution in [0.1, 0.15) is 29.3 Å². The van der Waals surface area contributed by atoms with Crippen molar-refractivity contribution in [2.24, 2.45) is 5.10 Å². The summed E-state index contributed by atoms with van der Waals surface area (Å²) in [5, 5.41) is 14.6. The Bertz CT molecular complexity index is 1310. The molecule has 2 aromatic carbocycles. The Morgan fingerprint density at radius 3 is 2.71 bits per heavy atom. The number of aryl methyl sites for hydroxylation is 1. The summed E-state index contributed by atoms with van der Waals surface area (Å²) >= 11 is 1.17. The molecule has 9 heteroatoms. The number of hydrazone groups is 1. The molecule has 0 saturated heterocycles. The van der Waals surface area contributed by atoms with Crippen molar-refractivity contribution in [3.63, 3.8) is 0 Å². The summed E-state index contributed by atoms with van der Waals surface area (Å²) in [6, 6.07) is 18.9. The van der Waals surface area contributed by atoms with Gasteiger partial charge in [-0.3, -0.25) is 4.79 Å². The number of aromatic nitrogens is 2. The first kappa shape index (κ1) is 22.0. The van der Waals surface area contributed by atoms with Crippen molar-refractivity contribution in [1.82, 2.24) is 15.2 Å². The maximum Gasteiger partial charge on any atom is 0.277 e. The third kappa shape index (κ3) is 4.47. The maximum atomic E-state index is 13.2. The van der Waals surface area contributed by atoms with Crippen molar-refractivity contribution in [3.8, 4) is 17.2 Å². The molecule has 2 aromatic heterocycles. The van der Waals surface area contributed by atoms with Gasteiger partial charge < -0.3 is 13.6 Å². The summed E-state index contributed by atoms with van der Waals surface area (Å²) in [4.78, 5) is 13.2. The molecular formula is C25H22N4O4S. The van der Waals surface area contributed by atoms with Gasteiger partial charge in [-0.25, -0.2) is 5.01 Å². The van der Waals surface area contributed by atoms with Crippen LogP contribution in [0.25, 0.3) is 11.5 Å². The molecular weight excluding hydrogens is 452 g/mol. The second-order valence-electron chi connectivity index (χ2n) is 7.75. The Kier molecular flexibility index (Phi) is 6.18. The Labute approximate surface area is 200 Å². The van der Waals surface area contributed by atoms with Gasteiger partial charge in [-0.1, -0.05) is 53.7 Å². The molecule has 1 aliphatic heterocycles. The first-order valence-corrected chi connectivity index (χ1v) is 11.7. The third-order valence-electron chi connectivity index (χ3n) is 5.49. The van der Waals surface area contributed by atoms with E-state index in [-0.39, 0.29) is 17.7 Å². The fourth-order valence-electron chi connectivity index (χ4n) is 3.75. The van der Waals surface area contributed by atoms with Gasteiger partial charge in [0.25, 0.3) is 17.0 Å². The Balaban J connectivity index is 1.32. The molecule has 0 fully saturated rings. The quantitative estimate of drug-likeness (QED) is 0.343. The van der Waals surface area contributed by atoms with E-state index >= 15 is 0 Å². The van der Waals surface area contributed by atoms with E-state index in [1.165, 1.54) is 22.3 Å². The van der Waals surface area contributed by atoms with E-state index in [4.69, 9.17) is 13.6 Å². The molecule has 0 N–H and O–H groups in total. The fraction of sp³-hybridized carbons (Fsp3) is 0.200. The first-order valence-electron chi connectivity index (χ1n) is 10.7. The first-order chi connectivity index (χ1) is 16.6. The third-order valence-corrected chi connectivity index (χ3v) is 6.29. The van der Waals surface area contributed by atoms with E-state index in [9.17, 15) is 4.79 Å². The van der Waals surface area contributed by atoms with Crippen molar-refractivity contribution < 1.29 is 18.4 Å². The summed E-state index contributed by atoms with van der Waals surface area (Å²) < 4.78 is 16.7. The van der Waals surface area contributed by atoms with E-state index in [1.54, 1.807) is 13.4 Å². The molecule has 0 bridgehead atoms. The number of amides is 1. The monoisotopic (exact) mass is 474 g/mol. The summed E-state index contributed by atoms with van der Waals surface area (Å²) in [7, 11) is 1.58. The van der Waals surface area contributed by atoms with Crippen molar-refractivity contribution in [3.05, 3.63) is 83.8 Å². The van der Waals surface area contributed by atoms with Crippen LogP contribution in [-0.2, 0) is 4.79 Å². The van der Waals surface area contributed by atoms with Crippen molar-refractivity contribution in [2.75, 3.05) is 12.9 Å². The summed E-state index contributed by atoms with van der Waals surface area (Å²) in [6.45, 7) is 2.04. The highest BCUT2D eigenvalue weighted by Gasteiger charge is 2.35. The van der Waals surface area contributed by atoms with Crippen LogP contribution in [0.2, 0.25) is 0 Å². The Morgan fingerprint density at radius 2 is 1.94 bits per heavy atom. The van der Waals surface area contributed by atoms with E-state index in [0.717, 1.165) is 11.3 Å². The van der Waals surface area contributed by atoms with Gasteiger partial charge in [0.2, 0.25) is 0 Å². The van der Waals surface area contributed by atoms with Gasteiger partial charge in [-0.15, -0.1) is 10.2 Å². The minimum Gasteiger partial charge on any atom is -0.496 e. The SMILES string of the molecule is COc1ccccc1-c1nnc(SCC(=O)N2N=C(c3ccc(C)cc3)CC2c2ccco2)o1. The molecule has 8 nitrogen and oxygen atoms in total. The number of nitrogens with zero attached hydrogens (tertiary/aromatic N) is 4. The molecule has 4 aromatic rings. The lowest BCUT2D eigenvalue weighted by molar-refractivity contribution is -0.130. The minimum atomic E-state index is -0.300. The minimum absolute atomic E-state index is 0.0927. The molecule has 0 aliphatic carbocycles. The number of carbonyl (C=O) groups excluding carboxylic acids is 1. The standard InChI is InChI=1S/C25H22N4O4S/c1-16-9-11-17(12-10-16)19-14-20(22-8-5-13-32-22)29(28-19)23(30)15-34-25-27-26-24(33-25)18-6-3-4-7-21(18)31-2/h3-13,20H,14-15H2,1-2H3. The normalized spacial score (nSPS) is 15.4. The Hall–Kier alpha value is -3.85. The highest BCUT2D eigenvalue weighted by Crippen LogP contribution is 2.35. The van der Waals surface area contributed by atoms with Crippen LogP contribution in [0.5, 0.6) is 5.75 Å². The van der Waals surface area contributed by atoms with Crippen LogP contribution in [0.15, 0.2) is 86.1 Å². The van der Waals surface area contributed by atoms with E-state index in [2.05, 4.69) is 15.3 Å². The number of para-hydroxylation sites is 1. The largest absolute Gasteiger partial charge is 0.496 e. The van der Waals surface area contributed by atoms with Crippen LogP contribution in [0, 0.1) is 6.92 Å². The number of hydrogen-bond donors (Lipinski definition) is 0. The van der Waals surface area contributed by atoms with Crippen molar-refractivity contribution in [2.45, 2.75) is 24.6 Å². The van der Waals surface area contributed by atoms with Crippen LogP contribution < -0.4 is 4.74 Å². The molecule has 0 spiro atoms. The van der Waals surface area contributed by atoms with Gasteiger partial charge in [-0.2, -0.15) is 5.10 Å². The second kappa shape index (κ2) is 9.56. The molecule has 172 valence electrons. The number of ether oxygens (including phenoxy) is 1. The molecule has 0 saturated carbocycles. The number of benzene rings is 2. The van der Waals surface area contributed by atoms with Gasteiger partial charge in [-0.05, 0) is 36.8 Å². The highest BCUT2D eigenvalue weighted by molar-refractivity contribution is 7.99. The summed E-state index contributed by atoms with van der Waals surface area (Å²) in [5.74, 6) is 1.58. The summed E-state index contributed by atoms with van der Waals surface area (Å²) in [6.07, 6.45) is 2.18. The number of carbonyl (C=O) groups is 1. The molecule has 34 heavy (non-hydrogen) atoms. The lowest BCUT2D eigenvalue weighted by Gasteiger charge is -2.19. The number of methoxy groups -OCH3 is 1. The maximum absolute atomic E-state index is 13.2. The fourth-order valence-corrected chi connectivity index (χ4v) is 4.37. The predicted octanol–water partition coefficient (Wildman–Crippen LogP) is 5.12. The van der Waals surface area contributed by atoms with Crippen LogP contribution in [0.3, 0.4) is 0 Å². The molecule has 0 radical (unpaired) electrons. The predicted molar refractivity (Wildman–Crippen MR) is 128 cm³/mol.